The number of nitriles is 1. The van der Waals surface area contributed by atoms with Gasteiger partial charge in [-0.1, -0.05) is 0 Å². The Kier molecular flexibility index (Phi) is 4.72. The van der Waals surface area contributed by atoms with E-state index < -0.39 is 0 Å². The summed E-state index contributed by atoms with van der Waals surface area (Å²) in [5.74, 6) is -0.0518. The average molecular weight is 273 g/mol. The van der Waals surface area contributed by atoms with Gasteiger partial charge < -0.3 is 10.1 Å². The van der Waals surface area contributed by atoms with Crippen molar-refractivity contribution in [1.29, 1.82) is 5.26 Å². The molecule has 0 spiro atoms. The predicted octanol–water partition coefficient (Wildman–Crippen LogP) is 1.61. The van der Waals surface area contributed by atoms with Gasteiger partial charge in [-0.3, -0.25) is 9.69 Å². The van der Waals surface area contributed by atoms with E-state index in [9.17, 15) is 4.79 Å². The SMILES string of the molecule is CC(C(=O)Nc1ccc(C#N)cc1)N(C)C1CCOC1. The highest BCUT2D eigenvalue weighted by Crippen LogP contribution is 2.15. The molecule has 0 bridgehead atoms. The van der Waals surface area contributed by atoms with E-state index in [1.54, 1.807) is 24.3 Å². The zero-order chi connectivity index (χ0) is 14.5. The summed E-state index contributed by atoms with van der Waals surface area (Å²) in [4.78, 5) is 14.3. The summed E-state index contributed by atoms with van der Waals surface area (Å²) in [6.45, 7) is 3.33. The standard InChI is InChI=1S/C15H19N3O2/c1-11(18(2)14-7-8-20-10-14)15(19)17-13-5-3-12(9-16)4-6-13/h3-6,11,14H,7-8,10H2,1-2H3,(H,17,19). The van der Waals surface area contributed by atoms with Crippen LogP contribution in [0.1, 0.15) is 18.9 Å². The molecule has 1 aliphatic rings. The van der Waals surface area contributed by atoms with E-state index in [2.05, 4.69) is 11.4 Å². The first-order chi connectivity index (χ1) is 9.61. The van der Waals surface area contributed by atoms with Crippen molar-refractivity contribution in [2.45, 2.75) is 25.4 Å². The number of nitrogens with one attached hydrogen (secondary N) is 1. The molecule has 0 aromatic heterocycles. The van der Waals surface area contributed by atoms with Crippen LogP contribution >= 0.6 is 0 Å². The zero-order valence-corrected chi connectivity index (χ0v) is 11.8. The van der Waals surface area contributed by atoms with Crippen LogP contribution in [0, 0.1) is 11.3 Å². The van der Waals surface area contributed by atoms with Crippen LogP contribution in [0.3, 0.4) is 0 Å². The Morgan fingerprint density at radius 3 is 2.75 bits per heavy atom. The fraction of sp³-hybridized carbons (Fsp3) is 0.467. The molecule has 1 aromatic rings. The predicted molar refractivity (Wildman–Crippen MR) is 76.2 cm³/mol. The van der Waals surface area contributed by atoms with E-state index in [0.29, 0.717) is 23.9 Å². The van der Waals surface area contributed by atoms with Crippen LogP contribution in [0.2, 0.25) is 0 Å². The summed E-state index contributed by atoms with van der Waals surface area (Å²) in [6, 6.07) is 8.98. The van der Waals surface area contributed by atoms with E-state index in [1.165, 1.54) is 0 Å². The van der Waals surface area contributed by atoms with Gasteiger partial charge in [0.2, 0.25) is 5.91 Å². The van der Waals surface area contributed by atoms with Crippen molar-refractivity contribution in [2.24, 2.45) is 0 Å². The smallest absolute Gasteiger partial charge is 0.241 e. The van der Waals surface area contributed by atoms with E-state index in [0.717, 1.165) is 13.0 Å². The van der Waals surface area contributed by atoms with Gasteiger partial charge >= 0.3 is 0 Å². The first-order valence-electron chi connectivity index (χ1n) is 6.72. The van der Waals surface area contributed by atoms with Gasteiger partial charge in [-0.2, -0.15) is 5.26 Å². The van der Waals surface area contributed by atoms with E-state index in [1.807, 2.05) is 18.9 Å². The topological polar surface area (TPSA) is 65.4 Å². The Morgan fingerprint density at radius 2 is 2.20 bits per heavy atom. The second-order valence-corrected chi connectivity index (χ2v) is 5.04. The lowest BCUT2D eigenvalue weighted by Crippen LogP contribution is -2.45. The number of benzene rings is 1. The second kappa shape index (κ2) is 6.51. The number of carbonyl (C=O) groups excluding carboxylic acids is 1. The van der Waals surface area contributed by atoms with Crippen LogP contribution in [-0.2, 0) is 9.53 Å². The van der Waals surface area contributed by atoms with Crippen LogP contribution in [-0.4, -0.2) is 43.2 Å². The van der Waals surface area contributed by atoms with Crippen molar-refractivity contribution in [1.82, 2.24) is 4.90 Å². The number of rotatable bonds is 4. The molecule has 1 heterocycles. The van der Waals surface area contributed by atoms with Gasteiger partial charge in [-0.15, -0.1) is 0 Å². The van der Waals surface area contributed by atoms with Gasteiger partial charge in [0, 0.05) is 18.3 Å². The Hall–Kier alpha value is -1.90. The molecule has 2 atom stereocenters. The Labute approximate surface area is 119 Å². The minimum Gasteiger partial charge on any atom is -0.380 e. The third kappa shape index (κ3) is 3.35. The van der Waals surface area contributed by atoms with Gasteiger partial charge in [0.05, 0.1) is 24.3 Å². The van der Waals surface area contributed by atoms with Crippen LogP contribution < -0.4 is 5.32 Å². The van der Waals surface area contributed by atoms with Crippen molar-refractivity contribution < 1.29 is 9.53 Å². The molecule has 0 aliphatic carbocycles. The molecule has 2 unspecified atom stereocenters. The highest BCUT2D eigenvalue weighted by molar-refractivity contribution is 5.94. The maximum atomic E-state index is 12.2. The average Bonchev–Trinajstić information content (AvgIpc) is 3.00. The molecule has 1 N–H and O–H groups in total. The monoisotopic (exact) mass is 273 g/mol. The van der Waals surface area contributed by atoms with Crippen molar-refractivity contribution >= 4 is 11.6 Å². The summed E-state index contributed by atoms with van der Waals surface area (Å²) in [6.07, 6.45) is 0.963. The van der Waals surface area contributed by atoms with Gasteiger partial charge in [0.1, 0.15) is 0 Å². The van der Waals surface area contributed by atoms with E-state index >= 15 is 0 Å². The number of hydrogen-bond donors (Lipinski definition) is 1. The normalized spacial score (nSPS) is 19.6. The fourth-order valence-electron chi connectivity index (χ4n) is 2.22. The molecule has 0 saturated carbocycles. The molecular formula is C15H19N3O2. The molecule has 1 amide bonds. The molecule has 1 saturated heterocycles. The van der Waals surface area contributed by atoms with Crippen LogP contribution in [0.15, 0.2) is 24.3 Å². The maximum absolute atomic E-state index is 12.2. The van der Waals surface area contributed by atoms with E-state index in [-0.39, 0.29) is 11.9 Å². The molecule has 106 valence electrons. The Morgan fingerprint density at radius 1 is 1.50 bits per heavy atom. The number of likely N-dealkylation sites (N-methyl/N-ethyl adjacent to an activating group) is 1. The summed E-state index contributed by atoms with van der Waals surface area (Å²) < 4.78 is 5.35. The molecule has 5 nitrogen and oxygen atoms in total. The largest absolute Gasteiger partial charge is 0.380 e. The van der Waals surface area contributed by atoms with Crippen molar-refractivity contribution in [2.75, 3.05) is 25.6 Å². The molecule has 2 rings (SSSR count). The maximum Gasteiger partial charge on any atom is 0.241 e. The minimum absolute atomic E-state index is 0.0518. The van der Waals surface area contributed by atoms with Gasteiger partial charge in [0.15, 0.2) is 0 Å². The van der Waals surface area contributed by atoms with Gasteiger partial charge in [-0.05, 0) is 44.7 Å². The Balaban J connectivity index is 1.94. The summed E-state index contributed by atoms with van der Waals surface area (Å²) in [7, 11) is 1.95. The van der Waals surface area contributed by atoms with Crippen LogP contribution in [0.5, 0.6) is 0 Å². The fourth-order valence-corrected chi connectivity index (χ4v) is 2.22. The quantitative estimate of drug-likeness (QED) is 0.905. The number of amides is 1. The minimum atomic E-state index is -0.225. The van der Waals surface area contributed by atoms with E-state index in [4.69, 9.17) is 10.00 Å². The second-order valence-electron chi connectivity index (χ2n) is 5.04. The molecule has 1 aromatic carbocycles. The van der Waals surface area contributed by atoms with Crippen LogP contribution in [0.4, 0.5) is 5.69 Å². The van der Waals surface area contributed by atoms with Gasteiger partial charge in [0.25, 0.3) is 0 Å². The summed E-state index contributed by atoms with van der Waals surface area (Å²) in [5, 5.41) is 11.6. The lowest BCUT2D eigenvalue weighted by molar-refractivity contribution is -0.121. The Bertz CT molecular complexity index is 501. The van der Waals surface area contributed by atoms with Crippen molar-refractivity contribution in [3.05, 3.63) is 29.8 Å². The third-order valence-electron chi connectivity index (χ3n) is 3.75. The highest BCUT2D eigenvalue weighted by Gasteiger charge is 2.27. The molecule has 20 heavy (non-hydrogen) atoms. The lowest BCUT2D eigenvalue weighted by Gasteiger charge is -2.28. The molecule has 1 aliphatic heterocycles. The van der Waals surface area contributed by atoms with Crippen molar-refractivity contribution in [3.8, 4) is 6.07 Å². The zero-order valence-electron chi connectivity index (χ0n) is 11.8. The first-order valence-corrected chi connectivity index (χ1v) is 6.72. The van der Waals surface area contributed by atoms with Crippen molar-refractivity contribution in [3.63, 3.8) is 0 Å². The summed E-state index contributed by atoms with van der Waals surface area (Å²) in [5.41, 5.74) is 1.29. The molecular weight excluding hydrogens is 254 g/mol. The van der Waals surface area contributed by atoms with Crippen LogP contribution in [0.25, 0.3) is 0 Å². The number of ether oxygens (including phenoxy) is 1. The lowest BCUT2D eigenvalue weighted by atomic mass is 10.1. The number of hydrogen-bond acceptors (Lipinski definition) is 4. The molecule has 5 heteroatoms. The number of anilines is 1. The number of carbonyl (C=O) groups is 1. The molecule has 0 radical (unpaired) electrons. The highest BCUT2D eigenvalue weighted by atomic mass is 16.5. The third-order valence-corrected chi connectivity index (χ3v) is 3.75. The van der Waals surface area contributed by atoms with Gasteiger partial charge in [-0.25, -0.2) is 0 Å². The number of nitrogens with zero attached hydrogens (tertiary/aromatic N) is 2. The summed E-state index contributed by atoms with van der Waals surface area (Å²) >= 11 is 0. The first kappa shape index (κ1) is 14.5. The molecule has 1 fully saturated rings.